The maximum absolute atomic E-state index is 9.06. The van der Waals surface area contributed by atoms with E-state index in [0.717, 1.165) is 6.42 Å². The Hall–Kier alpha value is -0.300. The van der Waals surface area contributed by atoms with Crippen molar-refractivity contribution < 1.29 is 5.11 Å². The van der Waals surface area contributed by atoms with Crippen molar-refractivity contribution in [3.63, 3.8) is 0 Å². The molecule has 0 heterocycles. The lowest BCUT2D eigenvalue weighted by Gasteiger charge is -2.11. The largest absolute Gasteiger partial charge is 0.389 e. The van der Waals surface area contributed by atoms with Crippen molar-refractivity contribution in [3.05, 3.63) is 12.2 Å². The maximum Gasteiger partial charge on any atom is 0.0726 e. The molecule has 0 aromatic carbocycles. The summed E-state index contributed by atoms with van der Waals surface area (Å²) in [6, 6.07) is 0. The van der Waals surface area contributed by atoms with Crippen LogP contribution in [0.15, 0.2) is 12.2 Å². The highest BCUT2D eigenvalue weighted by atomic mass is 16.3. The summed E-state index contributed by atoms with van der Waals surface area (Å²) in [6.07, 6.45) is 4.77. The van der Waals surface area contributed by atoms with Crippen LogP contribution < -0.4 is 0 Å². The molecule has 0 spiro atoms. The van der Waals surface area contributed by atoms with Gasteiger partial charge >= 0.3 is 0 Å². The minimum absolute atomic E-state index is 0.169. The van der Waals surface area contributed by atoms with Gasteiger partial charge in [0.15, 0.2) is 0 Å². The monoisotopic (exact) mass is 126 g/mol. The number of hydrogen-bond acceptors (Lipinski definition) is 1. The molecule has 52 valence electrons. The zero-order valence-corrected chi connectivity index (χ0v) is 6.04. The van der Waals surface area contributed by atoms with E-state index in [1.165, 1.54) is 0 Å². The number of aliphatic hydroxyl groups is 1. The first-order valence-corrected chi connectivity index (χ1v) is 3.56. The molecule has 1 aliphatic rings. The van der Waals surface area contributed by atoms with Crippen LogP contribution in [0.4, 0.5) is 0 Å². The quantitative estimate of drug-likeness (QED) is 0.529. The second kappa shape index (κ2) is 2.53. The van der Waals surface area contributed by atoms with E-state index >= 15 is 0 Å². The van der Waals surface area contributed by atoms with Crippen molar-refractivity contribution in [2.45, 2.75) is 26.4 Å². The molecular weight excluding hydrogens is 112 g/mol. The van der Waals surface area contributed by atoms with E-state index in [2.05, 4.69) is 19.9 Å². The summed E-state index contributed by atoms with van der Waals surface area (Å²) in [5.41, 5.74) is 0. The Morgan fingerprint density at radius 3 is 2.33 bits per heavy atom. The molecule has 0 bridgehead atoms. The minimum Gasteiger partial charge on any atom is -0.389 e. The molecule has 0 aromatic heterocycles. The Bertz CT molecular complexity index is 116. The van der Waals surface area contributed by atoms with Gasteiger partial charge in [-0.1, -0.05) is 26.0 Å². The van der Waals surface area contributed by atoms with Gasteiger partial charge in [0, 0.05) is 0 Å². The molecule has 0 saturated heterocycles. The molecule has 1 aliphatic carbocycles. The third kappa shape index (κ3) is 1.55. The lowest BCUT2D eigenvalue weighted by molar-refractivity contribution is 0.200. The standard InChI is InChI=1S/C8H14O/c1-6(2)7-3-4-8(9)5-7/h3-4,6-9H,5H2,1-2H3. The SMILES string of the molecule is CC(C)C1C=CC(O)C1. The van der Waals surface area contributed by atoms with Gasteiger partial charge in [0.05, 0.1) is 6.10 Å². The summed E-state index contributed by atoms with van der Waals surface area (Å²) in [5.74, 6) is 1.29. The van der Waals surface area contributed by atoms with Crippen molar-refractivity contribution >= 4 is 0 Å². The number of aliphatic hydroxyl groups excluding tert-OH is 1. The molecule has 0 fully saturated rings. The molecule has 2 atom stereocenters. The summed E-state index contributed by atoms with van der Waals surface area (Å²) < 4.78 is 0. The second-order valence-corrected chi connectivity index (χ2v) is 3.10. The zero-order valence-electron chi connectivity index (χ0n) is 6.04. The fraction of sp³-hybridized carbons (Fsp3) is 0.750. The van der Waals surface area contributed by atoms with Gasteiger partial charge in [-0.25, -0.2) is 0 Å². The van der Waals surface area contributed by atoms with Crippen LogP contribution in [0, 0.1) is 11.8 Å². The molecule has 1 heteroatoms. The van der Waals surface area contributed by atoms with Crippen molar-refractivity contribution in [2.24, 2.45) is 11.8 Å². The highest BCUT2D eigenvalue weighted by Gasteiger charge is 2.18. The van der Waals surface area contributed by atoms with E-state index < -0.39 is 0 Å². The molecule has 0 amide bonds. The molecule has 0 aromatic rings. The molecule has 1 rings (SSSR count). The van der Waals surface area contributed by atoms with Crippen LogP contribution in [0.2, 0.25) is 0 Å². The highest BCUT2D eigenvalue weighted by molar-refractivity contribution is 5.03. The first-order chi connectivity index (χ1) is 4.20. The van der Waals surface area contributed by atoms with Crippen LogP contribution in [-0.4, -0.2) is 11.2 Å². The minimum atomic E-state index is -0.169. The Morgan fingerprint density at radius 2 is 2.11 bits per heavy atom. The predicted molar refractivity (Wildman–Crippen MR) is 38.1 cm³/mol. The lowest BCUT2D eigenvalue weighted by Crippen LogP contribution is -2.06. The van der Waals surface area contributed by atoms with Crippen molar-refractivity contribution in [1.82, 2.24) is 0 Å². The molecule has 1 N–H and O–H groups in total. The van der Waals surface area contributed by atoms with Crippen LogP contribution >= 0.6 is 0 Å². The van der Waals surface area contributed by atoms with E-state index in [9.17, 15) is 0 Å². The number of allylic oxidation sites excluding steroid dienone is 1. The smallest absolute Gasteiger partial charge is 0.0726 e. The Labute approximate surface area is 56.4 Å². The van der Waals surface area contributed by atoms with E-state index in [1.807, 2.05) is 6.08 Å². The van der Waals surface area contributed by atoms with Gasteiger partial charge in [-0.05, 0) is 18.3 Å². The first kappa shape index (κ1) is 6.81. The third-order valence-corrected chi connectivity index (χ3v) is 1.95. The van der Waals surface area contributed by atoms with E-state index in [-0.39, 0.29) is 6.10 Å². The van der Waals surface area contributed by atoms with Crippen LogP contribution in [-0.2, 0) is 0 Å². The van der Waals surface area contributed by atoms with Crippen LogP contribution in [0.5, 0.6) is 0 Å². The average Bonchev–Trinajstić information content (AvgIpc) is 2.14. The summed E-state index contributed by atoms with van der Waals surface area (Å²) in [6.45, 7) is 4.38. The van der Waals surface area contributed by atoms with Gasteiger partial charge in [-0.3, -0.25) is 0 Å². The summed E-state index contributed by atoms with van der Waals surface area (Å²) in [5, 5.41) is 9.06. The van der Waals surface area contributed by atoms with E-state index in [4.69, 9.17) is 5.11 Å². The maximum atomic E-state index is 9.06. The third-order valence-electron chi connectivity index (χ3n) is 1.95. The molecule has 9 heavy (non-hydrogen) atoms. The van der Waals surface area contributed by atoms with Crippen molar-refractivity contribution in [3.8, 4) is 0 Å². The van der Waals surface area contributed by atoms with Gasteiger partial charge in [0.25, 0.3) is 0 Å². The van der Waals surface area contributed by atoms with Crippen LogP contribution in [0.25, 0.3) is 0 Å². The fourth-order valence-corrected chi connectivity index (χ4v) is 1.20. The Kier molecular flexibility index (Phi) is 1.91. The molecule has 0 aliphatic heterocycles. The van der Waals surface area contributed by atoms with Gasteiger partial charge in [0.1, 0.15) is 0 Å². The second-order valence-electron chi connectivity index (χ2n) is 3.10. The summed E-state index contributed by atoms with van der Waals surface area (Å²) in [7, 11) is 0. The zero-order chi connectivity index (χ0) is 6.85. The number of hydrogen-bond donors (Lipinski definition) is 1. The molecular formula is C8H14O. The first-order valence-electron chi connectivity index (χ1n) is 3.56. The van der Waals surface area contributed by atoms with Crippen molar-refractivity contribution in [2.75, 3.05) is 0 Å². The van der Waals surface area contributed by atoms with Gasteiger partial charge in [-0.2, -0.15) is 0 Å². The van der Waals surface area contributed by atoms with Gasteiger partial charge < -0.3 is 5.11 Å². The van der Waals surface area contributed by atoms with E-state index in [1.54, 1.807) is 0 Å². The highest BCUT2D eigenvalue weighted by Crippen LogP contribution is 2.24. The van der Waals surface area contributed by atoms with Crippen molar-refractivity contribution in [1.29, 1.82) is 0 Å². The molecule has 0 radical (unpaired) electrons. The Morgan fingerprint density at radius 1 is 1.44 bits per heavy atom. The van der Waals surface area contributed by atoms with E-state index in [0.29, 0.717) is 11.8 Å². The summed E-state index contributed by atoms with van der Waals surface area (Å²) >= 11 is 0. The Balaban J connectivity index is 2.41. The van der Waals surface area contributed by atoms with Crippen LogP contribution in [0.1, 0.15) is 20.3 Å². The summed E-state index contributed by atoms with van der Waals surface area (Å²) in [4.78, 5) is 0. The van der Waals surface area contributed by atoms with Crippen LogP contribution in [0.3, 0.4) is 0 Å². The molecule has 1 nitrogen and oxygen atoms in total. The molecule has 0 saturated carbocycles. The average molecular weight is 126 g/mol. The predicted octanol–water partition coefficient (Wildman–Crippen LogP) is 1.58. The topological polar surface area (TPSA) is 20.2 Å². The fourth-order valence-electron chi connectivity index (χ4n) is 1.20. The van der Waals surface area contributed by atoms with Gasteiger partial charge in [-0.15, -0.1) is 0 Å². The van der Waals surface area contributed by atoms with Gasteiger partial charge in [0.2, 0.25) is 0 Å². The lowest BCUT2D eigenvalue weighted by atomic mass is 9.95. The number of rotatable bonds is 1. The molecule has 2 unspecified atom stereocenters. The normalized spacial score (nSPS) is 34.2.